The standard InChI is InChI=1S/C23H24F2N2O5/c1-12(2)27-22(32)19-21(31)20(30)16(9-26(19)11-23(27)8-14(23)10-28)18(29)6-4-13-3-5-15(24)7-17(13)25/h3,5,7,9,12,14,28,31H,4,6,8,10-11H2,1-2H3/t14-,23-/m1/s1. The van der Waals surface area contributed by atoms with E-state index in [2.05, 4.69) is 0 Å². The van der Waals surface area contributed by atoms with Crippen LogP contribution in [0.3, 0.4) is 0 Å². The van der Waals surface area contributed by atoms with Crippen molar-refractivity contribution in [1.82, 2.24) is 9.47 Å². The second kappa shape index (κ2) is 7.81. The number of amides is 1. The fourth-order valence-corrected chi connectivity index (χ4v) is 4.83. The summed E-state index contributed by atoms with van der Waals surface area (Å²) >= 11 is 0. The van der Waals surface area contributed by atoms with Crippen LogP contribution in [-0.2, 0) is 13.0 Å². The van der Waals surface area contributed by atoms with Crippen LogP contribution >= 0.6 is 0 Å². The van der Waals surface area contributed by atoms with E-state index in [-0.39, 0.29) is 54.8 Å². The number of benzene rings is 1. The van der Waals surface area contributed by atoms with E-state index >= 15 is 0 Å². The summed E-state index contributed by atoms with van der Waals surface area (Å²) in [6.07, 6.45) is 1.56. The molecule has 2 heterocycles. The third-order valence-corrected chi connectivity index (χ3v) is 6.47. The molecule has 9 heteroatoms. The summed E-state index contributed by atoms with van der Waals surface area (Å²) in [6, 6.07) is 2.83. The van der Waals surface area contributed by atoms with E-state index in [0.717, 1.165) is 12.1 Å². The van der Waals surface area contributed by atoms with Crippen molar-refractivity contribution in [1.29, 1.82) is 0 Å². The van der Waals surface area contributed by atoms with Crippen LogP contribution in [0.4, 0.5) is 8.78 Å². The van der Waals surface area contributed by atoms with E-state index in [1.54, 1.807) is 4.90 Å². The molecule has 170 valence electrons. The molecule has 2 N–H and O–H groups in total. The first kappa shape index (κ1) is 22.1. The Morgan fingerprint density at radius 1 is 1.28 bits per heavy atom. The Hall–Kier alpha value is -3.07. The molecular formula is C23H24F2N2O5. The molecule has 1 amide bonds. The maximum absolute atomic E-state index is 13.9. The third kappa shape index (κ3) is 3.40. The smallest absolute Gasteiger partial charge is 0.275 e. The zero-order valence-corrected chi connectivity index (χ0v) is 17.8. The minimum Gasteiger partial charge on any atom is -0.503 e. The van der Waals surface area contributed by atoms with Gasteiger partial charge in [-0.3, -0.25) is 14.4 Å². The monoisotopic (exact) mass is 446 g/mol. The summed E-state index contributed by atoms with van der Waals surface area (Å²) < 4.78 is 28.3. The van der Waals surface area contributed by atoms with Gasteiger partial charge in [0.1, 0.15) is 11.6 Å². The predicted molar refractivity (Wildman–Crippen MR) is 111 cm³/mol. The van der Waals surface area contributed by atoms with Crippen molar-refractivity contribution in [2.24, 2.45) is 5.92 Å². The van der Waals surface area contributed by atoms with Gasteiger partial charge in [-0.05, 0) is 38.3 Å². The molecule has 1 fully saturated rings. The number of halogens is 2. The van der Waals surface area contributed by atoms with Gasteiger partial charge < -0.3 is 19.7 Å². The van der Waals surface area contributed by atoms with E-state index in [1.165, 1.54) is 16.8 Å². The molecule has 0 saturated heterocycles. The lowest BCUT2D eigenvalue weighted by Gasteiger charge is -2.42. The molecule has 1 aliphatic heterocycles. The minimum absolute atomic E-state index is 0.0521. The second-order valence-electron chi connectivity index (χ2n) is 8.81. The van der Waals surface area contributed by atoms with Gasteiger partial charge in [0.05, 0.1) is 11.1 Å². The van der Waals surface area contributed by atoms with Crippen molar-refractivity contribution < 1.29 is 28.6 Å². The fourth-order valence-electron chi connectivity index (χ4n) is 4.83. The molecule has 0 unspecified atom stereocenters. The van der Waals surface area contributed by atoms with Crippen molar-refractivity contribution in [3.63, 3.8) is 0 Å². The molecule has 32 heavy (non-hydrogen) atoms. The molecule has 2 atom stereocenters. The number of hydrogen-bond acceptors (Lipinski definition) is 5. The largest absolute Gasteiger partial charge is 0.503 e. The van der Waals surface area contributed by atoms with Gasteiger partial charge in [0, 0.05) is 43.8 Å². The van der Waals surface area contributed by atoms with Crippen LogP contribution in [0.15, 0.2) is 29.2 Å². The summed E-state index contributed by atoms with van der Waals surface area (Å²) in [5.74, 6) is -3.59. The number of pyridine rings is 1. The van der Waals surface area contributed by atoms with E-state index < -0.39 is 40.0 Å². The second-order valence-corrected chi connectivity index (χ2v) is 8.81. The normalized spacial score (nSPS) is 21.9. The minimum atomic E-state index is -0.955. The summed E-state index contributed by atoms with van der Waals surface area (Å²) in [5, 5.41) is 20.2. The zero-order valence-electron chi connectivity index (χ0n) is 17.8. The first-order chi connectivity index (χ1) is 15.1. The number of Topliss-reactive ketones (excluding diaryl/α,β-unsaturated/α-hetero) is 1. The van der Waals surface area contributed by atoms with Crippen molar-refractivity contribution in [2.45, 2.75) is 51.2 Å². The number of aromatic hydroxyl groups is 1. The first-order valence-corrected chi connectivity index (χ1v) is 10.5. The Labute approximate surface area is 182 Å². The quantitative estimate of drug-likeness (QED) is 0.664. The Bertz CT molecular complexity index is 1180. The highest BCUT2D eigenvalue weighted by Crippen LogP contribution is 2.53. The number of aryl methyl sites for hydroxylation is 1. The fraction of sp³-hybridized carbons (Fsp3) is 0.435. The molecule has 1 aromatic carbocycles. The van der Waals surface area contributed by atoms with Crippen molar-refractivity contribution in [2.75, 3.05) is 6.61 Å². The lowest BCUT2D eigenvalue weighted by atomic mass is 9.99. The molecular weight excluding hydrogens is 422 g/mol. The van der Waals surface area contributed by atoms with Crippen molar-refractivity contribution >= 4 is 11.7 Å². The van der Waals surface area contributed by atoms with Gasteiger partial charge in [-0.2, -0.15) is 0 Å². The van der Waals surface area contributed by atoms with Crippen LogP contribution < -0.4 is 5.43 Å². The Kier molecular flexibility index (Phi) is 5.40. The Balaban J connectivity index is 1.67. The van der Waals surface area contributed by atoms with Crippen LogP contribution in [0.1, 0.15) is 53.1 Å². The van der Waals surface area contributed by atoms with Gasteiger partial charge in [0.2, 0.25) is 5.43 Å². The molecule has 1 spiro atoms. The average molecular weight is 446 g/mol. The Morgan fingerprint density at radius 2 is 2.00 bits per heavy atom. The number of aromatic nitrogens is 1. The van der Waals surface area contributed by atoms with Crippen molar-refractivity contribution in [3.05, 3.63) is 63.1 Å². The Morgan fingerprint density at radius 3 is 2.59 bits per heavy atom. The molecule has 2 aliphatic rings. The highest BCUT2D eigenvalue weighted by atomic mass is 19.1. The molecule has 0 bridgehead atoms. The van der Waals surface area contributed by atoms with Gasteiger partial charge in [0.15, 0.2) is 17.2 Å². The molecule has 4 rings (SSSR count). The van der Waals surface area contributed by atoms with Crippen LogP contribution in [-0.4, -0.2) is 49.6 Å². The van der Waals surface area contributed by atoms with Gasteiger partial charge >= 0.3 is 0 Å². The maximum Gasteiger partial charge on any atom is 0.275 e. The van der Waals surface area contributed by atoms with Gasteiger partial charge in [-0.25, -0.2) is 8.78 Å². The zero-order chi connectivity index (χ0) is 23.4. The highest BCUT2D eigenvalue weighted by molar-refractivity contribution is 6.00. The number of carbonyl (C=O) groups excluding carboxylic acids is 2. The number of aliphatic hydroxyl groups is 1. The summed E-state index contributed by atoms with van der Waals surface area (Å²) in [5.41, 5.74) is -1.93. The molecule has 0 radical (unpaired) electrons. The van der Waals surface area contributed by atoms with Crippen LogP contribution in [0.2, 0.25) is 0 Å². The van der Waals surface area contributed by atoms with E-state index in [0.29, 0.717) is 6.42 Å². The van der Waals surface area contributed by atoms with Gasteiger partial charge in [-0.15, -0.1) is 0 Å². The number of fused-ring (bicyclic) bond motifs is 1. The van der Waals surface area contributed by atoms with E-state index in [4.69, 9.17) is 0 Å². The molecule has 1 saturated carbocycles. The topological polar surface area (TPSA) is 99.8 Å². The number of ketones is 1. The van der Waals surface area contributed by atoms with Crippen LogP contribution in [0, 0.1) is 17.6 Å². The van der Waals surface area contributed by atoms with E-state index in [9.17, 15) is 33.4 Å². The SMILES string of the molecule is CC(C)N1C(=O)c2c(O)c(=O)c(C(=O)CCc3ccc(F)cc3F)cn2C[C@@]12C[C@@H]2CO. The van der Waals surface area contributed by atoms with Gasteiger partial charge in [-0.1, -0.05) is 6.07 Å². The number of nitrogens with zero attached hydrogens (tertiary/aromatic N) is 2. The predicted octanol–water partition coefficient (Wildman–Crippen LogP) is 2.26. The number of rotatable bonds is 6. The summed E-state index contributed by atoms with van der Waals surface area (Å²) in [4.78, 5) is 40.2. The molecule has 1 aromatic heterocycles. The molecule has 7 nitrogen and oxygen atoms in total. The summed E-state index contributed by atoms with van der Waals surface area (Å²) in [7, 11) is 0. The molecule has 2 aromatic rings. The van der Waals surface area contributed by atoms with Gasteiger partial charge in [0.25, 0.3) is 5.91 Å². The van der Waals surface area contributed by atoms with Crippen LogP contribution in [0.25, 0.3) is 0 Å². The molecule has 1 aliphatic carbocycles. The van der Waals surface area contributed by atoms with Crippen LogP contribution in [0.5, 0.6) is 5.75 Å². The highest BCUT2D eigenvalue weighted by Gasteiger charge is 2.62. The van der Waals surface area contributed by atoms with E-state index in [1.807, 2.05) is 13.8 Å². The third-order valence-electron chi connectivity index (χ3n) is 6.47. The number of carbonyl (C=O) groups is 2. The summed E-state index contributed by atoms with van der Waals surface area (Å²) in [6.45, 7) is 3.78. The maximum atomic E-state index is 13.9. The lowest BCUT2D eigenvalue weighted by molar-refractivity contribution is 0.0394. The number of aliphatic hydroxyl groups excluding tert-OH is 1. The average Bonchev–Trinajstić information content (AvgIpc) is 3.41. The number of hydrogen-bond donors (Lipinski definition) is 2. The van der Waals surface area contributed by atoms with Crippen molar-refractivity contribution in [3.8, 4) is 5.75 Å². The lowest BCUT2D eigenvalue weighted by Crippen LogP contribution is -2.55. The first-order valence-electron chi connectivity index (χ1n) is 10.5.